The van der Waals surface area contributed by atoms with E-state index in [1.807, 2.05) is 0 Å². The van der Waals surface area contributed by atoms with Crippen LogP contribution in [0.25, 0.3) is 0 Å². The molecule has 0 N–H and O–H groups in total. The number of hydrogen-bond donors (Lipinski definition) is 0. The molecule has 0 aliphatic carbocycles. The zero-order valence-electron chi connectivity index (χ0n) is 26.1. The van der Waals surface area contributed by atoms with E-state index in [1.165, 1.54) is 28.1 Å². The van der Waals surface area contributed by atoms with Crippen molar-refractivity contribution in [2.75, 3.05) is 14.2 Å². The van der Waals surface area contributed by atoms with E-state index >= 15 is 0 Å². The van der Waals surface area contributed by atoms with E-state index in [4.69, 9.17) is 9.47 Å². The van der Waals surface area contributed by atoms with Gasteiger partial charge in [-0.3, -0.25) is 9.59 Å². The summed E-state index contributed by atoms with van der Waals surface area (Å²) in [4.78, 5) is 37.2. The van der Waals surface area contributed by atoms with Crippen molar-refractivity contribution in [3.63, 3.8) is 0 Å². The van der Waals surface area contributed by atoms with Gasteiger partial charge >= 0.3 is 24.3 Å². The third-order valence-electron chi connectivity index (χ3n) is 6.32. The average Bonchev–Trinajstić information content (AvgIpc) is 3.03. The maximum Gasteiger partial charge on any atom is 0.433 e. The molecule has 4 aromatic rings. The smallest absolute Gasteiger partial charge is 0.433 e. The summed E-state index contributed by atoms with van der Waals surface area (Å²) in [5.41, 5.74) is 0.540. The summed E-state index contributed by atoms with van der Waals surface area (Å²) in [5.74, 6) is -1.27. The summed E-state index contributed by atoms with van der Waals surface area (Å²) in [7, 11) is 2.56. The number of rotatable bonds is 10. The summed E-state index contributed by atoms with van der Waals surface area (Å²) < 4.78 is 96.5. The van der Waals surface area contributed by atoms with Gasteiger partial charge in [0.1, 0.15) is 24.9 Å². The van der Waals surface area contributed by atoms with Crippen LogP contribution < -0.4 is 9.47 Å². The van der Waals surface area contributed by atoms with Gasteiger partial charge in [-0.15, -0.1) is 0 Å². The van der Waals surface area contributed by atoms with Crippen molar-refractivity contribution in [3.05, 3.63) is 106 Å². The number of ether oxygens (including phenoxy) is 4. The summed E-state index contributed by atoms with van der Waals surface area (Å²) in [6, 6.07) is 15.4. The number of nitrogens with zero attached hydrogens (tertiary/aromatic N) is 4. The van der Waals surface area contributed by atoms with E-state index in [-0.39, 0.29) is 49.5 Å². The van der Waals surface area contributed by atoms with Gasteiger partial charge in [-0.2, -0.15) is 36.3 Å². The second-order valence-corrected chi connectivity index (χ2v) is 9.89. The van der Waals surface area contributed by atoms with Crippen LogP contribution in [0.15, 0.2) is 60.7 Å². The highest BCUT2D eigenvalue weighted by Crippen LogP contribution is 2.30. The van der Waals surface area contributed by atoms with Gasteiger partial charge in [-0.05, 0) is 36.1 Å². The second kappa shape index (κ2) is 16.5. The number of benzene rings is 2. The van der Waals surface area contributed by atoms with Crippen LogP contribution in [0, 0.1) is 13.8 Å². The molecule has 0 unspecified atom stereocenters. The van der Waals surface area contributed by atoms with Crippen molar-refractivity contribution < 1.29 is 54.9 Å². The Morgan fingerprint density at radius 1 is 0.583 bits per heavy atom. The molecule has 0 saturated heterocycles. The van der Waals surface area contributed by atoms with Crippen LogP contribution in [0.3, 0.4) is 0 Å². The maximum atomic E-state index is 12.8. The Morgan fingerprint density at radius 3 is 1.23 bits per heavy atom. The minimum atomic E-state index is -4.57. The minimum absolute atomic E-state index is 0.0269. The standard InChI is InChI=1S/2C16H15F3N2O3/c2*1-10-20-13(16(17,18)19)8-14(21-10)24-9-12-6-4-3-5-11(12)7-15(22)23-2/h2*3-6,8H,7,9H2,1-2H3. The van der Waals surface area contributed by atoms with E-state index in [0.29, 0.717) is 22.3 Å². The molecule has 2 aromatic carbocycles. The zero-order valence-corrected chi connectivity index (χ0v) is 26.1. The first kappa shape index (κ1) is 37.2. The predicted octanol–water partition coefficient (Wildman–Crippen LogP) is 6.20. The minimum Gasteiger partial charge on any atom is -0.473 e. The van der Waals surface area contributed by atoms with Gasteiger partial charge in [-0.25, -0.2) is 9.97 Å². The van der Waals surface area contributed by atoms with Crippen molar-refractivity contribution in [1.82, 2.24) is 19.9 Å². The zero-order chi connectivity index (χ0) is 35.5. The maximum absolute atomic E-state index is 12.8. The van der Waals surface area contributed by atoms with Crippen LogP contribution in [-0.2, 0) is 57.5 Å². The molecule has 0 aliphatic heterocycles. The first-order valence-electron chi connectivity index (χ1n) is 14.0. The van der Waals surface area contributed by atoms with Gasteiger partial charge < -0.3 is 18.9 Å². The van der Waals surface area contributed by atoms with Crippen molar-refractivity contribution in [3.8, 4) is 11.8 Å². The highest BCUT2D eigenvalue weighted by Gasteiger charge is 2.34. The average molecular weight is 681 g/mol. The summed E-state index contributed by atoms with van der Waals surface area (Å²) in [5, 5.41) is 0. The van der Waals surface area contributed by atoms with E-state index in [0.717, 1.165) is 12.1 Å². The van der Waals surface area contributed by atoms with Crippen LogP contribution in [0.5, 0.6) is 11.8 Å². The van der Waals surface area contributed by atoms with Crippen molar-refractivity contribution >= 4 is 11.9 Å². The number of methoxy groups -OCH3 is 2. The van der Waals surface area contributed by atoms with Gasteiger partial charge in [-0.1, -0.05) is 48.5 Å². The molecule has 2 aromatic heterocycles. The Morgan fingerprint density at radius 2 is 0.917 bits per heavy atom. The van der Waals surface area contributed by atoms with E-state index in [9.17, 15) is 35.9 Å². The molecular formula is C32H30F6N4O6. The molecule has 16 heteroatoms. The normalized spacial score (nSPS) is 11.2. The number of carbonyl (C=O) groups excluding carboxylic acids is 2. The number of halogens is 6. The summed E-state index contributed by atoms with van der Waals surface area (Å²) in [6.07, 6.45) is -9.05. The Balaban J connectivity index is 0.000000260. The number of alkyl halides is 6. The quantitative estimate of drug-likeness (QED) is 0.141. The second-order valence-electron chi connectivity index (χ2n) is 9.89. The summed E-state index contributed by atoms with van der Waals surface area (Å²) in [6.45, 7) is 2.66. The number of aromatic nitrogens is 4. The molecule has 4 rings (SSSR count). The van der Waals surface area contributed by atoms with Crippen molar-refractivity contribution in [1.29, 1.82) is 0 Å². The Bertz CT molecular complexity index is 1590. The monoisotopic (exact) mass is 680 g/mol. The number of esters is 2. The third kappa shape index (κ3) is 11.5. The van der Waals surface area contributed by atoms with Crippen LogP contribution in [0.2, 0.25) is 0 Å². The number of hydrogen-bond acceptors (Lipinski definition) is 10. The summed E-state index contributed by atoms with van der Waals surface area (Å²) >= 11 is 0. The molecule has 0 bridgehead atoms. The molecular weight excluding hydrogens is 650 g/mol. The topological polar surface area (TPSA) is 123 Å². The fraction of sp³-hybridized carbons (Fsp3) is 0.312. The molecule has 48 heavy (non-hydrogen) atoms. The van der Waals surface area contributed by atoms with Gasteiger partial charge in [0.15, 0.2) is 11.4 Å². The number of carbonyl (C=O) groups is 2. The third-order valence-corrected chi connectivity index (χ3v) is 6.32. The molecule has 256 valence electrons. The molecule has 0 aliphatic rings. The lowest BCUT2D eigenvalue weighted by Gasteiger charge is -2.12. The van der Waals surface area contributed by atoms with Gasteiger partial charge in [0, 0.05) is 12.1 Å². The molecule has 0 atom stereocenters. The fourth-order valence-electron chi connectivity index (χ4n) is 4.02. The van der Waals surface area contributed by atoms with Crippen LogP contribution in [-0.4, -0.2) is 46.1 Å². The molecule has 0 amide bonds. The van der Waals surface area contributed by atoms with Crippen LogP contribution >= 0.6 is 0 Å². The highest BCUT2D eigenvalue weighted by molar-refractivity contribution is 5.73. The van der Waals surface area contributed by atoms with Crippen molar-refractivity contribution in [2.24, 2.45) is 0 Å². The SMILES string of the molecule is COC(=O)Cc1ccccc1COc1cc(C(F)(F)F)nc(C)n1.COC(=O)Cc1ccccc1COc1cc(C(F)(F)F)nc(C)n1. The molecule has 10 nitrogen and oxygen atoms in total. The van der Waals surface area contributed by atoms with Gasteiger partial charge in [0.2, 0.25) is 11.8 Å². The first-order valence-corrected chi connectivity index (χ1v) is 14.0. The van der Waals surface area contributed by atoms with Crippen LogP contribution in [0.4, 0.5) is 26.3 Å². The lowest BCUT2D eigenvalue weighted by atomic mass is 10.1. The lowest BCUT2D eigenvalue weighted by Crippen LogP contribution is -2.12. The van der Waals surface area contributed by atoms with E-state index < -0.39 is 35.7 Å². The molecule has 0 saturated carbocycles. The molecule has 0 spiro atoms. The Labute approximate surface area is 271 Å². The van der Waals surface area contributed by atoms with E-state index in [1.54, 1.807) is 48.5 Å². The highest BCUT2D eigenvalue weighted by atomic mass is 19.4. The fourth-order valence-corrected chi connectivity index (χ4v) is 4.02. The largest absolute Gasteiger partial charge is 0.473 e. The van der Waals surface area contributed by atoms with Crippen LogP contribution in [0.1, 0.15) is 45.3 Å². The molecule has 0 radical (unpaired) electrons. The Hall–Kier alpha value is -5.28. The molecule has 2 heterocycles. The molecule has 0 fully saturated rings. The predicted molar refractivity (Wildman–Crippen MR) is 157 cm³/mol. The van der Waals surface area contributed by atoms with Gasteiger partial charge in [0.05, 0.1) is 27.1 Å². The first-order chi connectivity index (χ1) is 22.6. The number of aryl methyl sites for hydroxylation is 2. The van der Waals surface area contributed by atoms with E-state index in [2.05, 4.69) is 29.4 Å². The lowest BCUT2D eigenvalue weighted by molar-refractivity contribution is -0.142. The Kier molecular flexibility index (Phi) is 12.8. The van der Waals surface area contributed by atoms with Gasteiger partial charge in [0.25, 0.3) is 0 Å². The van der Waals surface area contributed by atoms with Crippen molar-refractivity contribution in [2.45, 2.75) is 52.3 Å².